The van der Waals surface area contributed by atoms with Crippen molar-refractivity contribution in [3.05, 3.63) is 0 Å². The lowest BCUT2D eigenvalue weighted by Gasteiger charge is -2.05. The third-order valence-corrected chi connectivity index (χ3v) is 1.16. The summed E-state index contributed by atoms with van der Waals surface area (Å²) in [4.78, 5) is 21.0. The van der Waals surface area contributed by atoms with Gasteiger partial charge in [-0.15, -0.1) is 0 Å². The second-order valence-corrected chi connectivity index (χ2v) is 2.22. The van der Waals surface area contributed by atoms with Gasteiger partial charge in [-0.3, -0.25) is 4.79 Å². The van der Waals surface area contributed by atoms with Crippen LogP contribution in [0.4, 0.5) is 0 Å². The van der Waals surface area contributed by atoms with E-state index in [4.69, 9.17) is 10.4 Å². The minimum absolute atomic E-state index is 0.242. The summed E-state index contributed by atoms with van der Waals surface area (Å²) in [7, 11) is 0. The fraction of sp³-hybridized carbons (Fsp3) is 0.571. The highest BCUT2D eigenvalue weighted by atomic mass is 16.4. The molecule has 0 saturated carbocycles. The monoisotopic (exact) mass is 170 g/mol. The van der Waals surface area contributed by atoms with Crippen molar-refractivity contribution >= 4 is 11.9 Å². The van der Waals surface area contributed by atoms with E-state index in [1.807, 2.05) is 0 Å². The van der Waals surface area contributed by atoms with E-state index >= 15 is 0 Å². The van der Waals surface area contributed by atoms with Crippen LogP contribution in [-0.4, -0.2) is 23.0 Å². The van der Waals surface area contributed by atoms with Crippen LogP contribution < -0.4 is 5.32 Å². The highest BCUT2D eigenvalue weighted by Crippen LogP contribution is 1.88. The number of carbonyl (C=O) groups excluding carboxylic acids is 1. The average Bonchev–Trinajstić information content (AvgIpc) is 2.00. The van der Waals surface area contributed by atoms with Crippen LogP contribution in [0.1, 0.15) is 19.8 Å². The molecule has 5 heteroatoms. The Morgan fingerprint density at radius 3 is 2.58 bits per heavy atom. The van der Waals surface area contributed by atoms with Gasteiger partial charge in [0.15, 0.2) is 0 Å². The molecule has 5 nitrogen and oxygen atoms in total. The van der Waals surface area contributed by atoms with E-state index in [0.717, 1.165) is 0 Å². The molecule has 0 heterocycles. The molecule has 1 amide bonds. The van der Waals surface area contributed by atoms with E-state index < -0.39 is 17.9 Å². The molecular formula is C7H10N2O3. The lowest BCUT2D eigenvalue weighted by molar-refractivity contribution is -0.140. The summed E-state index contributed by atoms with van der Waals surface area (Å²) in [5.74, 6) is -1.74. The van der Waals surface area contributed by atoms with Crippen molar-refractivity contribution in [3.63, 3.8) is 0 Å². The van der Waals surface area contributed by atoms with Crippen LogP contribution in [-0.2, 0) is 9.59 Å². The molecule has 0 rings (SSSR count). The number of carbonyl (C=O) groups is 2. The molecule has 0 spiro atoms. The molecule has 0 fully saturated rings. The Labute approximate surface area is 70.0 Å². The maximum absolute atomic E-state index is 10.8. The molecule has 0 aliphatic carbocycles. The van der Waals surface area contributed by atoms with Crippen LogP contribution in [0.25, 0.3) is 0 Å². The molecule has 2 N–H and O–H groups in total. The smallest absolute Gasteiger partial charge is 0.341 e. The second-order valence-electron chi connectivity index (χ2n) is 2.22. The topological polar surface area (TPSA) is 90.2 Å². The van der Waals surface area contributed by atoms with Gasteiger partial charge >= 0.3 is 5.97 Å². The van der Waals surface area contributed by atoms with Crippen LogP contribution in [0.3, 0.4) is 0 Å². The number of carboxylic acid groups (broad SMARTS) is 1. The molecule has 0 aromatic carbocycles. The molecule has 0 radical (unpaired) electrons. The van der Waals surface area contributed by atoms with Crippen LogP contribution in [0.15, 0.2) is 0 Å². The van der Waals surface area contributed by atoms with Crippen LogP contribution in [0.2, 0.25) is 0 Å². The largest absolute Gasteiger partial charge is 0.479 e. The SMILES string of the molecule is CCCC(=O)NC(C#N)C(=O)O. The summed E-state index contributed by atoms with van der Waals surface area (Å²) in [6, 6.07) is 0.0325. The fourth-order valence-corrected chi connectivity index (χ4v) is 0.609. The van der Waals surface area contributed by atoms with Gasteiger partial charge in [-0.2, -0.15) is 5.26 Å². The van der Waals surface area contributed by atoms with E-state index in [1.165, 1.54) is 6.07 Å². The molecule has 0 saturated heterocycles. The number of nitrogens with zero attached hydrogens (tertiary/aromatic N) is 1. The van der Waals surface area contributed by atoms with Gasteiger partial charge in [0, 0.05) is 6.42 Å². The lowest BCUT2D eigenvalue weighted by atomic mass is 10.3. The van der Waals surface area contributed by atoms with Crippen molar-refractivity contribution in [2.24, 2.45) is 0 Å². The maximum atomic E-state index is 10.8. The number of nitrogens with one attached hydrogen (secondary N) is 1. The minimum atomic E-state index is -1.43. The molecule has 1 atom stereocenters. The lowest BCUT2D eigenvalue weighted by Crippen LogP contribution is -2.39. The van der Waals surface area contributed by atoms with Gasteiger partial charge in [0.1, 0.15) is 0 Å². The van der Waals surface area contributed by atoms with Crippen molar-refractivity contribution in [3.8, 4) is 6.07 Å². The summed E-state index contributed by atoms with van der Waals surface area (Å²) < 4.78 is 0. The summed E-state index contributed by atoms with van der Waals surface area (Å²) >= 11 is 0. The molecule has 12 heavy (non-hydrogen) atoms. The Bertz CT molecular complexity index is 219. The molecule has 0 aliphatic heterocycles. The van der Waals surface area contributed by atoms with Crippen LogP contribution in [0.5, 0.6) is 0 Å². The Balaban J connectivity index is 3.97. The van der Waals surface area contributed by atoms with Crippen molar-refractivity contribution in [1.29, 1.82) is 5.26 Å². The third-order valence-electron chi connectivity index (χ3n) is 1.16. The van der Waals surface area contributed by atoms with Crippen molar-refractivity contribution in [2.45, 2.75) is 25.8 Å². The van der Waals surface area contributed by atoms with Crippen LogP contribution >= 0.6 is 0 Å². The first-order valence-corrected chi connectivity index (χ1v) is 3.53. The van der Waals surface area contributed by atoms with Crippen molar-refractivity contribution in [2.75, 3.05) is 0 Å². The first-order valence-electron chi connectivity index (χ1n) is 3.53. The highest BCUT2D eigenvalue weighted by molar-refractivity contribution is 5.85. The fourth-order valence-electron chi connectivity index (χ4n) is 0.609. The predicted molar refractivity (Wildman–Crippen MR) is 40.1 cm³/mol. The zero-order valence-corrected chi connectivity index (χ0v) is 6.70. The Hall–Kier alpha value is -1.57. The Morgan fingerprint density at radius 1 is 1.67 bits per heavy atom. The summed E-state index contributed by atoms with van der Waals surface area (Å²) in [6.45, 7) is 1.79. The number of nitriles is 1. The van der Waals surface area contributed by atoms with Gasteiger partial charge in [0.05, 0.1) is 6.07 Å². The Kier molecular flexibility index (Phi) is 4.46. The van der Waals surface area contributed by atoms with E-state index in [9.17, 15) is 9.59 Å². The quantitative estimate of drug-likeness (QED) is 0.615. The standard InChI is InChI=1S/C7H10N2O3/c1-2-3-6(10)9-5(4-8)7(11)12/h5H,2-3H2,1H3,(H,9,10)(H,11,12). The highest BCUT2D eigenvalue weighted by Gasteiger charge is 2.17. The summed E-state index contributed by atoms with van der Waals surface area (Å²) in [5, 5.41) is 18.7. The van der Waals surface area contributed by atoms with Crippen molar-refractivity contribution < 1.29 is 14.7 Å². The first-order chi connectivity index (χ1) is 5.61. The molecule has 66 valence electrons. The predicted octanol–water partition coefficient (Wildman–Crippen LogP) is -0.121. The summed E-state index contributed by atoms with van der Waals surface area (Å²) in [6.07, 6.45) is 0.870. The minimum Gasteiger partial charge on any atom is -0.479 e. The molecular weight excluding hydrogens is 160 g/mol. The van der Waals surface area contributed by atoms with Gasteiger partial charge in [0.25, 0.3) is 0 Å². The van der Waals surface area contributed by atoms with E-state index in [1.54, 1.807) is 6.92 Å². The molecule has 0 aliphatic rings. The van der Waals surface area contributed by atoms with E-state index in [2.05, 4.69) is 5.32 Å². The molecule has 0 aromatic heterocycles. The second kappa shape index (κ2) is 5.13. The van der Waals surface area contributed by atoms with Gasteiger partial charge in [-0.1, -0.05) is 6.92 Å². The Morgan fingerprint density at radius 2 is 2.25 bits per heavy atom. The van der Waals surface area contributed by atoms with Gasteiger partial charge < -0.3 is 10.4 Å². The normalized spacial score (nSPS) is 11.3. The van der Waals surface area contributed by atoms with E-state index in [0.29, 0.717) is 6.42 Å². The number of hydrogen-bond donors (Lipinski definition) is 2. The zero-order chi connectivity index (χ0) is 9.56. The third kappa shape index (κ3) is 3.56. The number of carboxylic acids is 1. The zero-order valence-electron chi connectivity index (χ0n) is 6.70. The van der Waals surface area contributed by atoms with E-state index in [-0.39, 0.29) is 6.42 Å². The number of hydrogen-bond acceptors (Lipinski definition) is 3. The van der Waals surface area contributed by atoms with Gasteiger partial charge in [-0.05, 0) is 6.42 Å². The van der Waals surface area contributed by atoms with Gasteiger partial charge in [0.2, 0.25) is 11.9 Å². The van der Waals surface area contributed by atoms with Crippen molar-refractivity contribution in [1.82, 2.24) is 5.32 Å². The number of rotatable bonds is 4. The average molecular weight is 170 g/mol. The first kappa shape index (κ1) is 10.4. The van der Waals surface area contributed by atoms with Gasteiger partial charge in [-0.25, -0.2) is 4.79 Å². The summed E-state index contributed by atoms with van der Waals surface area (Å²) in [5.41, 5.74) is 0. The molecule has 1 unspecified atom stereocenters. The molecule has 0 bridgehead atoms. The van der Waals surface area contributed by atoms with Crippen LogP contribution in [0, 0.1) is 11.3 Å². The number of aliphatic carboxylic acids is 1. The number of amides is 1. The molecule has 0 aromatic rings. The maximum Gasteiger partial charge on any atom is 0.341 e.